The second-order valence-electron chi connectivity index (χ2n) is 4.78. The Labute approximate surface area is 113 Å². The number of rotatable bonds is 4. The van der Waals surface area contributed by atoms with Crippen LogP contribution in [0.5, 0.6) is 0 Å². The Morgan fingerprint density at radius 1 is 1.39 bits per heavy atom. The van der Waals surface area contributed by atoms with Crippen LogP contribution >= 0.6 is 15.9 Å². The van der Waals surface area contributed by atoms with E-state index in [1.165, 1.54) is 6.07 Å². The van der Waals surface area contributed by atoms with Crippen molar-refractivity contribution in [2.24, 2.45) is 5.73 Å². The number of nitrogens with two attached hydrogens (primary N) is 1. The molecule has 0 fully saturated rings. The molecule has 0 radical (unpaired) electrons. The molecule has 0 saturated carbocycles. The molecular weight excluding hydrogens is 306 g/mol. The van der Waals surface area contributed by atoms with Crippen LogP contribution in [0.3, 0.4) is 0 Å². The van der Waals surface area contributed by atoms with E-state index in [2.05, 4.69) is 21.2 Å². The summed E-state index contributed by atoms with van der Waals surface area (Å²) in [6, 6.07) is 1.91. The highest BCUT2D eigenvalue weighted by atomic mass is 79.9. The van der Waals surface area contributed by atoms with E-state index in [1.54, 1.807) is 13.8 Å². The minimum absolute atomic E-state index is 0.0527. The minimum atomic E-state index is -0.809. The third-order valence-electron chi connectivity index (χ3n) is 2.28. The molecule has 0 heterocycles. The van der Waals surface area contributed by atoms with Crippen molar-refractivity contribution in [3.05, 3.63) is 28.2 Å². The molecule has 6 heteroatoms. The Kier molecular flexibility index (Phi) is 4.81. The maximum atomic E-state index is 13.4. The van der Waals surface area contributed by atoms with Crippen LogP contribution in [0, 0.1) is 11.6 Å². The summed E-state index contributed by atoms with van der Waals surface area (Å²) in [7, 11) is 0. The number of carbonyl (C=O) groups excluding carboxylic acids is 1. The van der Waals surface area contributed by atoms with Gasteiger partial charge in [-0.15, -0.1) is 0 Å². The Hall–Kier alpha value is -1.01. The van der Waals surface area contributed by atoms with Crippen molar-refractivity contribution < 1.29 is 13.6 Å². The molecule has 100 valence electrons. The van der Waals surface area contributed by atoms with Crippen molar-refractivity contribution in [2.75, 3.05) is 5.32 Å². The van der Waals surface area contributed by atoms with Gasteiger partial charge in [0.2, 0.25) is 5.91 Å². The normalized spacial score (nSPS) is 11.4. The molecule has 1 rings (SSSR count). The van der Waals surface area contributed by atoms with Gasteiger partial charge in [-0.2, -0.15) is 0 Å². The van der Waals surface area contributed by atoms with Gasteiger partial charge in [-0.25, -0.2) is 8.78 Å². The first-order chi connectivity index (χ1) is 8.19. The molecule has 0 atom stereocenters. The zero-order valence-corrected chi connectivity index (χ0v) is 11.8. The van der Waals surface area contributed by atoms with E-state index in [1.807, 2.05) is 0 Å². The molecule has 0 unspecified atom stereocenters. The molecule has 0 aliphatic heterocycles. The first-order valence-electron chi connectivity index (χ1n) is 5.42. The summed E-state index contributed by atoms with van der Waals surface area (Å²) in [5.41, 5.74) is 5.23. The third-order valence-corrected chi connectivity index (χ3v) is 2.89. The first-order valence-corrected chi connectivity index (χ1v) is 6.21. The van der Waals surface area contributed by atoms with E-state index in [9.17, 15) is 13.6 Å². The van der Waals surface area contributed by atoms with Crippen molar-refractivity contribution in [2.45, 2.75) is 32.2 Å². The number of amides is 1. The molecule has 1 aromatic carbocycles. The Bertz CT molecular complexity index is 458. The highest BCUT2D eigenvalue weighted by Crippen LogP contribution is 2.24. The van der Waals surface area contributed by atoms with Gasteiger partial charge in [0.25, 0.3) is 0 Å². The average Bonchev–Trinajstić information content (AvgIpc) is 2.22. The van der Waals surface area contributed by atoms with Crippen LogP contribution in [0.25, 0.3) is 0 Å². The number of benzene rings is 1. The molecule has 3 nitrogen and oxygen atoms in total. The van der Waals surface area contributed by atoms with Crippen molar-refractivity contribution in [1.82, 2.24) is 0 Å². The SMILES string of the molecule is CC(C)(N)CCC(=O)Nc1cc(Br)c(F)cc1F. The summed E-state index contributed by atoms with van der Waals surface area (Å²) in [6.45, 7) is 3.60. The highest BCUT2D eigenvalue weighted by Gasteiger charge is 2.15. The quantitative estimate of drug-likeness (QED) is 0.837. The van der Waals surface area contributed by atoms with Gasteiger partial charge in [0.05, 0.1) is 10.2 Å². The average molecular weight is 321 g/mol. The fraction of sp³-hybridized carbons (Fsp3) is 0.417. The minimum Gasteiger partial charge on any atom is -0.326 e. The van der Waals surface area contributed by atoms with Gasteiger partial charge in [0, 0.05) is 18.0 Å². The van der Waals surface area contributed by atoms with Crippen molar-refractivity contribution in [3.8, 4) is 0 Å². The lowest BCUT2D eigenvalue weighted by atomic mass is 10.00. The summed E-state index contributed by atoms with van der Waals surface area (Å²) in [5.74, 6) is -1.88. The molecular formula is C12H15BrF2N2O. The lowest BCUT2D eigenvalue weighted by Crippen LogP contribution is -2.33. The fourth-order valence-electron chi connectivity index (χ4n) is 1.27. The van der Waals surface area contributed by atoms with Crippen molar-refractivity contribution >= 4 is 27.5 Å². The maximum absolute atomic E-state index is 13.4. The predicted octanol–water partition coefficient (Wildman–Crippen LogP) is 3.18. The Morgan fingerprint density at radius 2 is 2.00 bits per heavy atom. The Morgan fingerprint density at radius 3 is 2.56 bits per heavy atom. The molecule has 1 amide bonds. The lowest BCUT2D eigenvalue weighted by Gasteiger charge is -2.17. The van der Waals surface area contributed by atoms with E-state index in [0.29, 0.717) is 12.5 Å². The van der Waals surface area contributed by atoms with Crippen molar-refractivity contribution in [1.29, 1.82) is 0 Å². The molecule has 0 aliphatic carbocycles. The van der Waals surface area contributed by atoms with Gasteiger partial charge >= 0.3 is 0 Å². The topological polar surface area (TPSA) is 55.1 Å². The number of anilines is 1. The van der Waals surface area contributed by atoms with Crippen LogP contribution in [-0.2, 0) is 4.79 Å². The molecule has 0 aromatic heterocycles. The molecule has 3 N–H and O–H groups in total. The fourth-order valence-corrected chi connectivity index (χ4v) is 1.61. The predicted molar refractivity (Wildman–Crippen MR) is 70.2 cm³/mol. The number of carbonyl (C=O) groups is 1. The van der Waals surface area contributed by atoms with E-state index >= 15 is 0 Å². The van der Waals surface area contributed by atoms with Crippen LogP contribution < -0.4 is 11.1 Å². The highest BCUT2D eigenvalue weighted by molar-refractivity contribution is 9.10. The molecule has 0 saturated heterocycles. The lowest BCUT2D eigenvalue weighted by molar-refractivity contribution is -0.116. The number of nitrogens with one attached hydrogen (secondary N) is 1. The third kappa shape index (κ3) is 4.70. The van der Waals surface area contributed by atoms with Gasteiger partial charge in [-0.3, -0.25) is 4.79 Å². The van der Waals surface area contributed by atoms with Gasteiger partial charge in [0.15, 0.2) is 0 Å². The van der Waals surface area contributed by atoms with Gasteiger partial charge in [-0.05, 0) is 42.3 Å². The zero-order valence-electron chi connectivity index (χ0n) is 10.2. The van der Waals surface area contributed by atoms with E-state index < -0.39 is 17.2 Å². The second kappa shape index (κ2) is 5.75. The van der Waals surface area contributed by atoms with Crippen LogP contribution in [0.2, 0.25) is 0 Å². The molecule has 0 spiro atoms. The van der Waals surface area contributed by atoms with Crippen LogP contribution in [0.15, 0.2) is 16.6 Å². The summed E-state index contributed by atoms with van der Waals surface area (Å²) in [4.78, 5) is 11.6. The van der Waals surface area contributed by atoms with Gasteiger partial charge in [0.1, 0.15) is 11.6 Å². The van der Waals surface area contributed by atoms with Crippen LogP contribution in [0.1, 0.15) is 26.7 Å². The molecule has 0 aliphatic rings. The molecule has 18 heavy (non-hydrogen) atoms. The van der Waals surface area contributed by atoms with Crippen LogP contribution in [0.4, 0.5) is 14.5 Å². The van der Waals surface area contributed by atoms with E-state index in [-0.39, 0.29) is 22.5 Å². The largest absolute Gasteiger partial charge is 0.326 e. The number of hydrogen-bond donors (Lipinski definition) is 2. The van der Waals surface area contributed by atoms with Gasteiger partial charge < -0.3 is 11.1 Å². The molecule has 1 aromatic rings. The van der Waals surface area contributed by atoms with Crippen LogP contribution in [-0.4, -0.2) is 11.4 Å². The van der Waals surface area contributed by atoms with Gasteiger partial charge in [-0.1, -0.05) is 0 Å². The smallest absolute Gasteiger partial charge is 0.224 e. The zero-order chi connectivity index (χ0) is 13.9. The first kappa shape index (κ1) is 15.0. The maximum Gasteiger partial charge on any atom is 0.224 e. The van der Waals surface area contributed by atoms with Crippen molar-refractivity contribution in [3.63, 3.8) is 0 Å². The van der Waals surface area contributed by atoms with E-state index in [0.717, 1.165) is 0 Å². The summed E-state index contributed by atoms with van der Waals surface area (Å²) in [5, 5.41) is 2.38. The standard InChI is InChI=1S/C12H15BrF2N2O/c1-12(2,16)4-3-11(18)17-10-5-7(13)8(14)6-9(10)15/h5-6H,3-4,16H2,1-2H3,(H,17,18). The summed E-state index contributed by atoms with van der Waals surface area (Å²) in [6.07, 6.45) is 0.654. The number of halogens is 3. The summed E-state index contributed by atoms with van der Waals surface area (Å²) >= 11 is 2.93. The summed E-state index contributed by atoms with van der Waals surface area (Å²) < 4.78 is 26.4. The second-order valence-corrected chi connectivity index (χ2v) is 5.64. The monoisotopic (exact) mass is 320 g/mol. The van der Waals surface area contributed by atoms with E-state index in [4.69, 9.17) is 5.73 Å². The molecule has 0 bridgehead atoms. The number of hydrogen-bond acceptors (Lipinski definition) is 2. The Balaban J connectivity index is 2.68.